The maximum atomic E-state index is 2.36. The van der Waals surface area contributed by atoms with E-state index in [2.05, 4.69) is 170 Å². The summed E-state index contributed by atoms with van der Waals surface area (Å²) in [5.41, 5.74) is 8.24. The minimum absolute atomic E-state index is 0.966. The molecule has 0 nitrogen and oxygen atoms in total. The molecule has 0 aromatic heterocycles. The second-order valence-electron chi connectivity index (χ2n) is 10.9. The molecule has 200 valence electrons. The van der Waals surface area contributed by atoms with Gasteiger partial charge < -0.3 is 0 Å². The van der Waals surface area contributed by atoms with Crippen LogP contribution in [-0.4, -0.2) is 0 Å². The van der Waals surface area contributed by atoms with Crippen LogP contribution in [0.3, 0.4) is 0 Å². The average Bonchev–Trinajstić information content (AvgIpc) is 3.04. The van der Waals surface area contributed by atoms with Gasteiger partial charge in [-0.3, -0.25) is 0 Å². The highest BCUT2D eigenvalue weighted by atomic mass is 31.2. The molecule has 0 spiro atoms. The van der Waals surface area contributed by atoms with Gasteiger partial charge in [-0.2, -0.15) is 0 Å². The summed E-state index contributed by atoms with van der Waals surface area (Å²) in [5.74, 6) is 0. The molecule has 0 atom stereocenters. The number of rotatable bonds is 10. The first kappa shape index (κ1) is 26.9. The Labute approximate surface area is 245 Å². The molecule has 0 heterocycles. The van der Waals surface area contributed by atoms with Crippen molar-refractivity contribution in [3.63, 3.8) is 0 Å². The fourth-order valence-electron chi connectivity index (χ4n) is 5.81. The van der Waals surface area contributed by atoms with E-state index in [1.807, 2.05) is 0 Å². The third kappa shape index (κ3) is 6.74. The minimum atomic E-state index is -1.81. The SMILES string of the molecule is c1ccc(Cc2ccc(C[P+](Cc3ccc(Cc4ccccc4)cc3)(c3ccccc3)c3ccccc3)cc2)cc1. The molecule has 0 unspecified atom stereocenters. The summed E-state index contributed by atoms with van der Waals surface area (Å²) in [6, 6.07) is 62.8. The summed E-state index contributed by atoms with van der Waals surface area (Å²) in [6.45, 7) is 0. The first-order chi connectivity index (χ1) is 20.3. The molecular weight excluding hydrogens is 511 g/mol. The van der Waals surface area contributed by atoms with Gasteiger partial charge in [0.2, 0.25) is 0 Å². The van der Waals surface area contributed by atoms with Gasteiger partial charge in [-0.05, 0) is 70.5 Å². The molecule has 0 saturated carbocycles. The van der Waals surface area contributed by atoms with Gasteiger partial charge in [-0.1, -0.05) is 146 Å². The van der Waals surface area contributed by atoms with Crippen LogP contribution in [0.15, 0.2) is 170 Å². The van der Waals surface area contributed by atoms with Crippen LogP contribution in [-0.2, 0) is 25.2 Å². The standard InChI is InChI=1S/C40H36P/c1-5-13-33(14-6-1)29-35-21-25-37(26-22-35)31-41(39-17-9-3-10-18-39,40-19-11-4-12-20-40)32-38-27-23-36(24-28-38)30-34-15-7-2-8-16-34/h1-28H,29-32H2/q+1. The number of hydrogen-bond acceptors (Lipinski definition) is 0. The highest BCUT2D eigenvalue weighted by molar-refractivity contribution is 7.88. The Hall–Kier alpha value is -4.25. The van der Waals surface area contributed by atoms with E-state index < -0.39 is 7.26 Å². The molecule has 0 amide bonds. The van der Waals surface area contributed by atoms with Crippen LogP contribution in [0, 0.1) is 0 Å². The molecule has 0 aliphatic carbocycles. The molecule has 0 N–H and O–H groups in total. The minimum Gasteiger partial charge on any atom is -0.0622 e. The van der Waals surface area contributed by atoms with E-state index in [1.165, 1.54) is 44.0 Å². The quantitative estimate of drug-likeness (QED) is 0.150. The van der Waals surface area contributed by atoms with Crippen LogP contribution in [0.1, 0.15) is 33.4 Å². The lowest BCUT2D eigenvalue weighted by atomic mass is 10.0. The fourth-order valence-corrected chi connectivity index (χ4v) is 10.1. The van der Waals surface area contributed by atoms with Crippen LogP contribution in [0.25, 0.3) is 0 Å². The first-order valence-electron chi connectivity index (χ1n) is 14.5. The van der Waals surface area contributed by atoms with Crippen molar-refractivity contribution in [3.8, 4) is 0 Å². The van der Waals surface area contributed by atoms with Crippen molar-refractivity contribution >= 4 is 17.9 Å². The highest BCUT2D eigenvalue weighted by Crippen LogP contribution is 2.61. The summed E-state index contributed by atoms with van der Waals surface area (Å²) < 4.78 is 0. The molecule has 6 aromatic rings. The number of hydrogen-bond donors (Lipinski definition) is 0. The van der Waals surface area contributed by atoms with Crippen LogP contribution in [0.2, 0.25) is 0 Å². The number of benzene rings is 6. The van der Waals surface area contributed by atoms with E-state index >= 15 is 0 Å². The molecular formula is C40H36P+. The van der Waals surface area contributed by atoms with Gasteiger partial charge in [0.25, 0.3) is 0 Å². The Morgan fingerprint density at radius 1 is 0.268 bits per heavy atom. The fraction of sp³-hybridized carbons (Fsp3) is 0.100. The van der Waals surface area contributed by atoms with E-state index in [4.69, 9.17) is 0 Å². The molecule has 0 aliphatic rings. The van der Waals surface area contributed by atoms with Gasteiger partial charge >= 0.3 is 0 Å². The Kier molecular flexibility index (Phi) is 8.51. The van der Waals surface area contributed by atoms with E-state index in [0.717, 1.165) is 25.2 Å². The Bertz CT molecular complexity index is 1500. The van der Waals surface area contributed by atoms with Gasteiger partial charge in [0.15, 0.2) is 0 Å². The Morgan fingerprint density at radius 3 is 0.878 bits per heavy atom. The van der Waals surface area contributed by atoms with Crippen molar-refractivity contribution in [2.75, 3.05) is 0 Å². The van der Waals surface area contributed by atoms with Crippen molar-refractivity contribution in [3.05, 3.63) is 203 Å². The Balaban J connectivity index is 1.33. The highest BCUT2D eigenvalue weighted by Gasteiger charge is 2.43. The normalized spacial score (nSPS) is 11.3. The summed E-state index contributed by atoms with van der Waals surface area (Å²) in [5, 5.41) is 2.93. The molecule has 0 bridgehead atoms. The summed E-state index contributed by atoms with van der Waals surface area (Å²) in [4.78, 5) is 0. The van der Waals surface area contributed by atoms with Crippen molar-refractivity contribution < 1.29 is 0 Å². The molecule has 6 rings (SSSR count). The lowest BCUT2D eigenvalue weighted by Crippen LogP contribution is -2.25. The molecule has 0 aliphatic heterocycles. The van der Waals surface area contributed by atoms with Crippen molar-refractivity contribution in [2.45, 2.75) is 25.2 Å². The van der Waals surface area contributed by atoms with Gasteiger partial charge in [-0.25, -0.2) is 0 Å². The summed E-state index contributed by atoms with van der Waals surface area (Å²) >= 11 is 0. The van der Waals surface area contributed by atoms with Crippen molar-refractivity contribution in [1.29, 1.82) is 0 Å². The predicted octanol–water partition coefficient (Wildman–Crippen LogP) is 9.24. The van der Waals surface area contributed by atoms with Crippen LogP contribution >= 0.6 is 7.26 Å². The molecule has 1 heteroatoms. The van der Waals surface area contributed by atoms with E-state index in [1.54, 1.807) is 0 Å². The lowest BCUT2D eigenvalue weighted by molar-refractivity contribution is 1.18. The van der Waals surface area contributed by atoms with Gasteiger partial charge in [-0.15, -0.1) is 0 Å². The summed E-state index contributed by atoms with van der Waals surface area (Å²) in [6.07, 6.45) is 4.01. The van der Waals surface area contributed by atoms with Gasteiger partial charge in [0.1, 0.15) is 0 Å². The maximum absolute atomic E-state index is 2.36. The monoisotopic (exact) mass is 547 g/mol. The zero-order chi connectivity index (χ0) is 27.7. The topological polar surface area (TPSA) is 0 Å². The van der Waals surface area contributed by atoms with Gasteiger partial charge in [0, 0.05) is 0 Å². The molecule has 0 radical (unpaired) electrons. The zero-order valence-electron chi connectivity index (χ0n) is 23.4. The van der Waals surface area contributed by atoms with Crippen molar-refractivity contribution in [1.82, 2.24) is 0 Å². The summed E-state index contributed by atoms with van der Waals surface area (Å²) in [7, 11) is -1.81. The second kappa shape index (κ2) is 12.9. The van der Waals surface area contributed by atoms with Gasteiger partial charge in [0.05, 0.1) is 30.2 Å². The third-order valence-electron chi connectivity index (χ3n) is 7.95. The lowest BCUT2D eigenvalue weighted by Gasteiger charge is -2.28. The third-order valence-corrected chi connectivity index (χ3v) is 12.3. The smallest absolute Gasteiger partial charge is 0.0622 e. The van der Waals surface area contributed by atoms with E-state index in [-0.39, 0.29) is 0 Å². The first-order valence-corrected chi connectivity index (χ1v) is 16.6. The maximum Gasteiger partial charge on any atom is 0.0999 e. The van der Waals surface area contributed by atoms with Crippen molar-refractivity contribution in [2.24, 2.45) is 0 Å². The molecule has 0 fully saturated rings. The van der Waals surface area contributed by atoms with Crippen LogP contribution in [0.4, 0.5) is 0 Å². The largest absolute Gasteiger partial charge is 0.0999 e. The zero-order valence-corrected chi connectivity index (χ0v) is 24.3. The molecule has 6 aromatic carbocycles. The van der Waals surface area contributed by atoms with Crippen LogP contribution < -0.4 is 10.6 Å². The van der Waals surface area contributed by atoms with Crippen LogP contribution in [0.5, 0.6) is 0 Å². The molecule has 41 heavy (non-hydrogen) atoms. The van der Waals surface area contributed by atoms with E-state index in [9.17, 15) is 0 Å². The van der Waals surface area contributed by atoms with E-state index in [0.29, 0.717) is 0 Å². The Morgan fingerprint density at radius 2 is 0.537 bits per heavy atom. The second-order valence-corrected chi connectivity index (χ2v) is 14.5. The molecule has 0 saturated heterocycles. The average molecular weight is 548 g/mol. The predicted molar refractivity (Wildman–Crippen MR) is 178 cm³/mol.